The number of hydrogen-bond acceptors (Lipinski definition) is 4. The number of aliphatic imine (C=N–C) groups is 1. The van der Waals surface area contributed by atoms with Gasteiger partial charge in [-0.25, -0.2) is 8.42 Å². The fourth-order valence-electron chi connectivity index (χ4n) is 3.02. The summed E-state index contributed by atoms with van der Waals surface area (Å²) in [5.41, 5.74) is -1.86. The number of amidine groups is 1. The van der Waals surface area contributed by atoms with Gasteiger partial charge in [0.25, 0.3) is 5.91 Å². The molecule has 148 valence electrons. The second-order valence-corrected chi connectivity index (χ2v) is 11.0. The molecule has 0 saturated carbocycles. The quantitative estimate of drug-likeness (QED) is 0.697. The summed E-state index contributed by atoms with van der Waals surface area (Å²) < 4.78 is 64.6. The maximum absolute atomic E-state index is 13.5. The Morgan fingerprint density at radius 3 is 2.41 bits per heavy atom. The summed E-state index contributed by atoms with van der Waals surface area (Å²) in [5.74, 6) is -0.877. The predicted molar refractivity (Wildman–Crippen MR) is 99.6 cm³/mol. The predicted octanol–water partition coefficient (Wildman–Crippen LogP) is 3.35. The monoisotopic (exact) mass is 420 g/mol. The summed E-state index contributed by atoms with van der Waals surface area (Å²) in [6.45, 7) is 4.99. The first-order chi connectivity index (χ1) is 12.3. The first kappa shape index (κ1) is 20.2. The van der Waals surface area contributed by atoms with E-state index in [1.165, 1.54) is 23.1 Å². The van der Waals surface area contributed by atoms with Gasteiger partial charge in [-0.15, -0.1) is 0 Å². The van der Waals surface area contributed by atoms with Crippen molar-refractivity contribution in [3.05, 3.63) is 29.8 Å². The van der Waals surface area contributed by atoms with Crippen LogP contribution >= 0.6 is 11.8 Å². The third-order valence-electron chi connectivity index (χ3n) is 4.37. The van der Waals surface area contributed by atoms with Crippen molar-refractivity contribution < 1.29 is 26.4 Å². The number of para-hydroxylation sites is 1. The van der Waals surface area contributed by atoms with Crippen LogP contribution in [0.25, 0.3) is 0 Å². The lowest BCUT2D eigenvalue weighted by molar-refractivity contribution is -0.137. The molecule has 1 aromatic carbocycles. The zero-order valence-corrected chi connectivity index (χ0v) is 16.6. The van der Waals surface area contributed by atoms with Gasteiger partial charge in [0.15, 0.2) is 15.0 Å². The lowest BCUT2D eigenvalue weighted by Crippen LogP contribution is -2.39. The van der Waals surface area contributed by atoms with Gasteiger partial charge in [0, 0.05) is 10.7 Å². The highest BCUT2D eigenvalue weighted by Crippen LogP contribution is 2.45. The van der Waals surface area contributed by atoms with Crippen LogP contribution in [-0.4, -0.2) is 42.3 Å². The molecule has 1 amide bonds. The Hall–Kier alpha value is -1.55. The molecule has 0 aliphatic carbocycles. The van der Waals surface area contributed by atoms with Gasteiger partial charge in [-0.1, -0.05) is 44.7 Å². The van der Waals surface area contributed by atoms with E-state index in [2.05, 4.69) is 4.99 Å². The molecule has 2 fully saturated rings. The molecule has 3 rings (SSSR count). The second kappa shape index (κ2) is 6.51. The average molecular weight is 420 g/mol. The van der Waals surface area contributed by atoms with Crippen LogP contribution in [0, 0.1) is 5.41 Å². The van der Waals surface area contributed by atoms with Gasteiger partial charge < -0.3 is 4.90 Å². The molecule has 0 unspecified atom stereocenters. The smallest absolute Gasteiger partial charge is 0.315 e. The van der Waals surface area contributed by atoms with E-state index in [0.29, 0.717) is 0 Å². The van der Waals surface area contributed by atoms with Crippen molar-refractivity contribution in [2.45, 2.75) is 38.2 Å². The molecule has 27 heavy (non-hydrogen) atoms. The molecule has 2 atom stereocenters. The number of carbonyl (C=O) groups excluding carboxylic acids is 1. The highest BCUT2D eigenvalue weighted by Gasteiger charge is 2.51. The third-order valence-corrected chi connectivity index (χ3v) is 7.58. The van der Waals surface area contributed by atoms with Crippen LogP contribution in [0.1, 0.15) is 26.3 Å². The van der Waals surface area contributed by atoms with Crippen LogP contribution < -0.4 is 4.90 Å². The Balaban J connectivity index is 2.13. The van der Waals surface area contributed by atoms with Crippen LogP contribution in [0.4, 0.5) is 18.9 Å². The molecule has 1 aromatic rings. The van der Waals surface area contributed by atoms with Gasteiger partial charge in [-0.3, -0.25) is 4.79 Å². The third kappa shape index (κ3) is 4.01. The molecule has 2 saturated heterocycles. The molecule has 10 heteroatoms. The van der Waals surface area contributed by atoms with Crippen molar-refractivity contribution in [1.29, 1.82) is 0 Å². The minimum absolute atomic E-state index is 0.122. The zero-order valence-electron chi connectivity index (χ0n) is 14.9. The fourth-order valence-corrected chi connectivity index (χ4v) is 6.93. The maximum atomic E-state index is 13.5. The number of benzene rings is 1. The molecule has 2 aliphatic heterocycles. The Kier molecular flexibility index (Phi) is 4.87. The summed E-state index contributed by atoms with van der Waals surface area (Å²) in [6.07, 6.45) is -4.62. The van der Waals surface area contributed by atoms with Crippen LogP contribution in [0.15, 0.2) is 29.3 Å². The molecule has 2 aliphatic rings. The molecule has 2 heterocycles. The number of halogens is 3. The highest BCUT2D eigenvalue weighted by atomic mass is 32.2. The Bertz CT molecular complexity index is 905. The zero-order chi connectivity index (χ0) is 20.2. The van der Waals surface area contributed by atoms with Crippen LogP contribution in [-0.2, 0) is 20.8 Å². The van der Waals surface area contributed by atoms with E-state index in [1.807, 2.05) is 0 Å². The number of hydrogen-bond donors (Lipinski definition) is 0. The number of fused-ring (bicyclic) bond motifs is 1. The number of nitrogens with zero attached hydrogens (tertiary/aromatic N) is 2. The normalized spacial score (nSPS) is 26.4. The molecular weight excluding hydrogens is 401 g/mol. The number of rotatable bonds is 1. The van der Waals surface area contributed by atoms with Crippen molar-refractivity contribution in [2.75, 3.05) is 16.4 Å². The largest absolute Gasteiger partial charge is 0.418 e. The minimum atomic E-state index is -4.62. The fraction of sp³-hybridized carbons (Fsp3) is 0.529. The van der Waals surface area contributed by atoms with Crippen molar-refractivity contribution in [3.63, 3.8) is 0 Å². The van der Waals surface area contributed by atoms with Gasteiger partial charge in [0.1, 0.15) is 0 Å². The van der Waals surface area contributed by atoms with Crippen molar-refractivity contribution in [3.8, 4) is 0 Å². The maximum Gasteiger partial charge on any atom is 0.418 e. The summed E-state index contributed by atoms with van der Waals surface area (Å²) in [6, 6.07) is 4.27. The highest BCUT2D eigenvalue weighted by molar-refractivity contribution is 8.16. The summed E-state index contributed by atoms with van der Waals surface area (Å²) in [5, 5.41) is -0.334. The summed E-state index contributed by atoms with van der Waals surface area (Å²) >= 11 is 1.06. The van der Waals surface area contributed by atoms with Crippen LogP contribution in [0.5, 0.6) is 0 Å². The number of alkyl halides is 3. The van der Waals surface area contributed by atoms with Crippen molar-refractivity contribution in [1.82, 2.24) is 0 Å². The molecule has 0 radical (unpaired) electrons. The number of amides is 1. The SMILES string of the molecule is CC(C)(C)C(=O)N=C1S[C@H]2CS(=O)(=O)C[C@H]2N1c1ccccc1C(F)(F)F. The summed E-state index contributed by atoms with van der Waals surface area (Å²) in [4.78, 5) is 17.7. The number of carbonyl (C=O) groups is 1. The number of anilines is 1. The Labute approximate surface area is 159 Å². The van der Waals surface area contributed by atoms with Crippen LogP contribution in [0.2, 0.25) is 0 Å². The second-order valence-electron chi connectivity index (χ2n) is 7.63. The number of thioether (sulfide) groups is 1. The lowest BCUT2D eigenvalue weighted by Gasteiger charge is -2.28. The van der Waals surface area contributed by atoms with E-state index in [0.717, 1.165) is 17.8 Å². The molecule has 0 N–H and O–H groups in total. The number of sulfone groups is 1. The summed E-state index contributed by atoms with van der Waals surface area (Å²) in [7, 11) is -3.36. The van der Waals surface area contributed by atoms with Crippen molar-refractivity contribution >= 4 is 38.4 Å². The average Bonchev–Trinajstić information content (AvgIpc) is 2.96. The molecular formula is C17H19F3N2O3S2. The lowest BCUT2D eigenvalue weighted by atomic mass is 9.96. The van der Waals surface area contributed by atoms with E-state index in [-0.39, 0.29) is 22.4 Å². The van der Waals surface area contributed by atoms with E-state index in [1.54, 1.807) is 20.8 Å². The van der Waals surface area contributed by atoms with Gasteiger partial charge >= 0.3 is 6.18 Å². The van der Waals surface area contributed by atoms with Crippen molar-refractivity contribution in [2.24, 2.45) is 10.4 Å². The molecule has 0 spiro atoms. The van der Waals surface area contributed by atoms with E-state index >= 15 is 0 Å². The van der Waals surface area contributed by atoms with Gasteiger partial charge in [0.05, 0.1) is 28.8 Å². The molecule has 0 bridgehead atoms. The first-order valence-corrected chi connectivity index (χ1v) is 11.0. The van der Waals surface area contributed by atoms with Gasteiger partial charge in [0.2, 0.25) is 0 Å². The molecule has 0 aromatic heterocycles. The van der Waals surface area contributed by atoms with E-state index < -0.39 is 44.2 Å². The minimum Gasteiger partial charge on any atom is -0.315 e. The Morgan fingerprint density at radius 1 is 1.19 bits per heavy atom. The standard InChI is InChI=1S/C17H19F3N2O3S2/c1-16(2,3)14(23)21-15-22(12-8-27(24,25)9-13(12)26-15)11-7-5-4-6-10(11)17(18,19)20/h4-7,12-13H,8-9H2,1-3H3/t12-,13+/m1/s1. The Morgan fingerprint density at radius 2 is 1.81 bits per heavy atom. The van der Waals surface area contributed by atoms with Gasteiger partial charge in [-0.05, 0) is 12.1 Å². The van der Waals surface area contributed by atoms with E-state index in [4.69, 9.17) is 0 Å². The van der Waals surface area contributed by atoms with Crippen LogP contribution in [0.3, 0.4) is 0 Å². The molecule has 5 nitrogen and oxygen atoms in total. The topological polar surface area (TPSA) is 66.8 Å². The van der Waals surface area contributed by atoms with E-state index in [9.17, 15) is 26.4 Å². The first-order valence-electron chi connectivity index (χ1n) is 8.25. The van der Waals surface area contributed by atoms with Gasteiger partial charge in [-0.2, -0.15) is 18.2 Å².